The minimum atomic E-state index is -0.815. The molecule has 1 aliphatic rings. The molecule has 7 nitrogen and oxygen atoms in total. The molecule has 4 aromatic rings. The maximum Gasteiger partial charge on any atom is 0.276 e. The first-order valence-electron chi connectivity index (χ1n) is 10.2. The zero-order chi connectivity index (χ0) is 21.2. The van der Waals surface area contributed by atoms with Gasteiger partial charge in [-0.05, 0) is 24.3 Å². The summed E-state index contributed by atoms with van der Waals surface area (Å²) in [6, 6.07) is 20.6. The third-order valence-electron chi connectivity index (χ3n) is 5.48. The molecule has 1 saturated heterocycles. The molecule has 2 aromatic carbocycles. The summed E-state index contributed by atoms with van der Waals surface area (Å²) < 4.78 is 11.5. The molecule has 1 amide bonds. The predicted molar refractivity (Wildman–Crippen MR) is 115 cm³/mol. The first kappa shape index (κ1) is 19.3. The van der Waals surface area contributed by atoms with Gasteiger partial charge in [0.1, 0.15) is 18.0 Å². The van der Waals surface area contributed by atoms with Crippen LogP contribution in [0.3, 0.4) is 0 Å². The first-order valence-corrected chi connectivity index (χ1v) is 10.2. The molecule has 0 saturated carbocycles. The van der Waals surface area contributed by atoms with Crippen molar-refractivity contribution in [2.75, 3.05) is 13.1 Å². The lowest BCUT2D eigenvalue weighted by Gasteiger charge is -2.35. The van der Waals surface area contributed by atoms with Crippen LogP contribution in [0, 0.1) is 0 Å². The van der Waals surface area contributed by atoms with Crippen LogP contribution in [0.15, 0.2) is 77.4 Å². The van der Waals surface area contributed by atoms with E-state index in [4.69, 9.17) is 9.26 Å². The molecule has 2 atom stereocenters. The van der Waals surface area contributed by atoms with Gasteiger partial charge in [-0.2, -0.15) is 0 Å². The Bertz CT molecular complexity index is 1200. The Morgan fingerprint density at radius 1 is 1.10 bits per heavy atom. The van der Waals surface area contributed by atoms with E-state index in [2.05, 4.69) is 10.1 Å². The molecule has 1 aliphatic heterocycles. The third-order valence-corrected chi connectivity index (χ3v) is 5.48. The van der Waals surface area contributed by atoms with Crippen molar-refractivity contribution in [3.63, 3.8) is 0 Å². The summed E-state index contributed by atoms with van der Waals surface area (Å²) >= 11 is 0. The number of nitrogens with zero attached hydrogens (tertiary/aromatic N) is 3. The number of rotatable bonds is 4. The molecule has 0 radical (unpaired) electrons. The Morgan fingerprint density at radius 3 is 2.81 bits per heavy atom. The minimum Gasteiger partial charge on any atom is -0.487 e. The van der Waals surface area contributed by atoms with E-state index in [1.807, 2.05) is 60.7 Å². The quantitative estimate of drug-likeness (QED) is 0.548. The average Bonchev–Trinajstić information content (AvgIpc) is 3.31. The Labute approximate surface area is 178 Å². The number of carbonyl (C=O) groups excluding carboxylic acids is 1. The smallest absolute Gasteiger partial charge is 0.276 e. The van der Waals surface area contributed by atoms with Crippen molar-refractivity contribution >= 4 is 16.8 Å². The van der Waals surface area contributed by atoms with Gasteiger partial charge in [0.05, 0.1) is 12.1 Å². The number of hydrogen-bond donors (Lipinski definition) is 1. The molecule has 0 spiro atoms. The number of amides is 1. The van der Waals surface area contributed by atoms with E-state index in [9.17, 15) is 9.90 Å². The number of aromatic nitrogens is 2. The largest absolute Gasteiger partial charge is 0.487 e. The molecule has 0 unspecified atom stereocenters. The molecule has 3 heterocycles. The van der Waals surface area contributed by atoms with Gasteiger partial charge in [-0.25, -0.2) is 0 Å². The molecule has 5 rings (SSSR count). The van der Waals surface area contributed by atoms with E-state index in [0.29, 0.717) is 24.5 Å². The summed E-state index contributed by atoms with van der Waals surface area (Å²) in [5.74, 6) is 0.948. The number of hydrogen-bond acceptors (Lipinski definition) is 6. The van der Waals surface area contributed by atoms with Crippen LogP contribution in [-0.4, -0.2) is 51.4 Å². The normalized spacial score (nSPS) is 18.8. The van der Waals surface area contributed by atoms with Crippen LogP contribution >= 0.6 is 0 Å². The first-order chi connectivity index (χ1) is 15.2. The van der Waals surface area contributed by atoms with Gasteiger partial charge in [-0.15, -0.1) is 0 Å². The predicted octanol–water partition coefficient (Wildman–Crippen LogP) is 3.54. The summed E-state index contributed by atoms with van der Waals surface area (Å²) in [6.45, 7) is 0.622. The number of fused-ring (bicyclic) bond motifs is 1. The van der Waals surface area contributed by atoms with Gasteiger partial charge in [-0.3, -0.25) is 9.78 Å². The van der Waals surface area contributed by atoms with E-state index in [-0.39, 0.29) is 18.1 Å². The number of pyridine rings is 1. The standard InChI is InChI=1S/C24H21N3O4/c28-20-15-27(24(29)19-14-23(31-26-19)16-6-2-1-3-7-16)13-11-22(20)30-21-10-4-9-18-17(21)8-5-12-25-18/h1-10,12,14,20,22,28H,11,13,15H2/t20-,22-/m1/s1. The second-order valence-electron chi connectivity index (χ2n) is 7.53. The van der Waals surface area contributed by atoms with Crippen molar-refractivity contribution in [2.24, 2.45) is 0 Å². The van der Waals surface area contributed by atoms with Crippen LogP contribution in [0.2, 0.25) is 0 Å². The van der Waals surface area contributed by atoms with Crippen LogP contribution in [0.25, 0.3) is 22.2 Å². The van der Waals surface area contributed by atoms with Crippen LogP contribution in [-0.2, 0) is 0 Å². The van der Waals surface area contributed by atoms with Gasteiger partial charge < -0.3 is 19.3 Å². The lowest BCUT2D eigenvalue weighted by Crippen LogP contribution is -2.51. The highest BCUT2D eigenvalue weighted by Crippen LogP contribution is 2.28. The van der Waals surface area contributed by atoms with Gasteiger partial charge in [0.25, 0.3) is 5.91 Å². The van der Waals surface area contributed by atoms with Gasteiger partial charge in [0.15, 0.2) is 11.5 Å². The maximum atomic E-state index is 12.9. The summed E-state index contributed by atoms with van der Waals surface area (Å²) in [6.07, 6.45) is 1.02. The molecule has 1 N–H and O–H groups in total. The Kier molecular flexibility index (Phi) is 5.09. The van der Waals surface area contributed by atoms with E-state index < -0.39 is 12.2 Å². The van der Waals surface area contributed by atoms with Crippen molar-refractivity contribution < 1.29 is 19.2 Å². The molecule has 7 heteroatoms. The number of aliphatic hydroxyl groups excluding tert-OH is 1. The number of carbonyl (C=O) groups is 1. The monoisotopic (exact) mass is 415 g/mol. The van der Waals surface area contributed by atoms with Crippen molar-refractivity contribution in [2.45, 2.75) is 18.6 Å². The highest BCUT2D eigenvalue weighted by Gasteiger charge is 2.33. The highest BCUT2D eigenvalue weighted by atomic mass is 16.5. The zero-order valence-corrected chi connectivity index (χ0v) is 16.7. The van der Waals surface area contributed by atoms with Gasteiger partial charge >= 0.3 is 0 Å². The number of likely N-dealkylation sites (tertiary alicyclic amines) is 1. The van der Waals surface area contributed by atoms with E-state index >= 15 is 0 Å². The van der Waals surface area contributed by atoms with E-state index in [1.54, 1.807) is 17.2 Å². The zero-order valence-electron chi connectivity index (χ0n) is 16.7. The number of β-amino-alcohol motifs (C(OH)–C–C–N with tert-alkyl or cyclic N) is 1. The van der Waals surface area contributed by atoms with Crippen molar-refractivity contribution in [1.29, 1.82) is 0 Å². The SMILES string of the molecule is O=C(c1cc(-c2ccccc2)on1)N1CC[C@@H](Oc2cccc3ncccc23)[C@H](O)C1. The summed E-state index contributed by atoms with van der Waals surface area (Å²) in [4.78, 5) is 18.8. The van der Waals surface area contributed by atoms with Crippen molar-refractivity contribution in [1.82, 2.24) is 15.0 Å². The molecule has 31 heavy (non-hydrogen) atoms. The maximum absolute atomic E-state index is 12.9. The fourth-order valence-corrected chi connectivity index (χ4v) is 3.85. The minimum absolute atomic E-state index is 0.167. The molecular formula is C24H21N3O4. The number of ether oxygens (including phenoxy) is 1. The molecule has 0 bridgehead atoms. The van der Waals surface area contributed by atoms with Crippen LogP contribution in [0.5, 0.6) is 5.75 Å². The van der Waals surface area contributed by atoms with E-state index in [0.717, 1.165) is 16.5 Å². The summed E-state index contributed by atoms with van der Waals surface area (Å²) in [5.41, 5.74) is 1.92. The summed E-state index contributed by atoms with van der Waals surface area (Å²) in [7, 11) is 0. The molecule has 2 aromatic heterocycles. The molecule has 0 aliphatic carbocycles. The second-order valence-corrected chi connectivity index (χ2v) is 7.53. The molecule has 156 valence electrons. The van der Waals surface area contributed by atoms with Crippen LogP contribution < -0.4 is 4.74 Å². The third kappa shape index (κ3) is 3.87. The Hall–Kier alpha value is -3.71. The Balaban J connectivity index is 1.27. The van der Waals surface area contributed by atoms with Crippen LogP contribution in [0.1, 0.15) is 16.9 Å². The lowest BCUT2D eigenvalue weighted by molar-refractivity contribution is -0.0195. The number of piperidine rings is 1. The number of aliphatic hydroxyl groups is 1. The van der Waals surface area contributed by atoms with E-state index in [1.165, 1.54) is 0 Å². The molecular weight excluding hydrogens is 394 g/mol. The highest BCUT2D eigenvalue weighted by molar-refractivity contribution is 5.93. The number of benzene rings is 2. The second kappa shape index (κ2) is 8.20. The summed E-state index contributed by atoms with van der Waals surface area (Å²) in [5, 5.41) is 15.5. The van der Waals surface area contributed by atoms with Gasteiger partial charge in [0, 0.05) is 36.2 Å². The van der Waals surface area contributed by atoms with Gasteiger partial charge in [-0.1, -0.05) is 41.6 Å². The fraction of sp³-hybridized carbons (Fsp3) is 0.208. The fourth-order valence-electron chi connectivity index (χ4n) is 3.85. The topological polar surface area (TPSA) is 88.7 Å². The van der Waals surface area contributed by atoms with Crippen molar-refractivity contribution in [3.05, 3.63) is 78.6 Å². The van der Waals surface area contributed by atoms with Gasteiger partial charge in [0.2, 0.25) is 0 Å². The molecule has 1 fully saturated rings. The Morgan fingerprint density at radius 2 is 1.97 bits per heavy atom. The average molecular weight is 415 g/mol. The van der Waals surface area contributed by atoms with Crippen molar-refractivity contribution in [3.8, 4) is 17.1 Å². The van der Waals surface area contributed by atoms with Crippen LogP contribution in [0.4, 0.5) is 0 Å². The lowest BCUT2D eigenvalue weighted by atomic mass is 10.0.